The highest BCUT2D eigenvalue weighted by atomic mass is 79.9. The summed E-state index contributed by atoms with van der Waals surface area (Å²) in [5.74, 6) is 0.472. The Hall–Kier alpha value is -0.0900. The Morgan fingerprint density at radius 2 is 2.00 bits per heavy atom. The summed E-state index contributed by atoms with van der Waals surface area (Å²) in [6.45, 7) is 9.23. The number of methoxy groups -OCH3 is 1. The normalized spacial score (nSPS) is 15.1. The molecule has 0 N–H and O–H groups in total. The fourth-order valence-corrected chi connectivity index (χ4v) is 1.93. The maximum Gasteiger partial charge on any atom is 0.320 e. The predicted octanol–water partition coefficient (Wildman–Crippen LogP) is 2.29. The topological polar surface area (TPSA) is 29.5 Å². The Morgan fingerprint density at radius 3 is 2.40 bits per heavy atom. The van der Waals surface area contributed by atoms with Crippen LogP contribution in [-0.4, -0.2) is 42.4 Å². The zero-order valence-corrected chi connectivity index (χ0v) is 11.7. The van der Waals surface area contributed by atoms with Crippen molar-refractivity contribution in [1.82, 2.24) is 4.90 Å². The second-order valence-electron chi connectivity index (χ2n) is 3.86. The third kappa shape index (κ3) is 6.15. The van der Waals surface area contributed by atoms with Gasteiger partial charge in [-0.15, -0.1) is 0 Å². The van der Waals surface area contributed by atoms with E-state index in [0.29, 0.717) is 12.5 Å². The lowest BCUT2D eigenvalue weighted by atomic mass is 10.1. The number of carbonyl (C=O) groups is 1. The minimum atomic E-state index is -0.216. The largest absolute Gasteiger partial charge is 0.468 e. The van der Waals surface area contributed by atoms with Gasteiger partial charge in [0.25, 0.3) is 0 Å². The average molecular weight is 280 g/mol. The van der Waals surface area contributed by atoms with Gasteiger partial charge in [-0.2, -0.15) is 0 Å². The third-order valence-corrected chi connectivity index (χ3v) is 3.25. The average Bonchev–Trinajstić information content (AvgIpc) is 2.26. The number of nitrogens with zero attached hydrogens (tertiary/aromatic N) is 1. The van der Waals surface area contributed by atoms with E-state index in [2.05, 4.69) is 46.3 Å². The van der Waals surface area contributed by atoms with Crippen molar-refractivity contribution < 1.29 is 9.53 Å². The monoisotopic (exact) mass is 279 g/mol. The van der Waals surface area contributed by atoms with Crippen LogP contribution in [0.2, 0.25) is 0 Å². The van der Waals surface area contributed by atoms with Gasteiger partial charge in [0.2, 0.25) is 0 Å². The van der Waals surface area contributed by atoms with Crippen LogP contribution < -0.4 is 0 Å². The molecule has 0 fully saturated rings. The van der Waals surface area contributed by atoms with Gasteiger partial charge < -0.3 is 9.64 Å². The minimum Gasteiger partial charge on any atom is -0.468 e. The fourth-order valence-electron chi connectivity index (χ4n) is 1.33. The summed E-state index contributed by atoms with van der Waals surface area (Å²) < 4.78 is 4.68. The van der Waals surface area contributed by atoms with Gasteiger partial charge >= 0.3 is 5.97 Å². The van der Waals surface area contributed by atoms with Crippen molar-refractivity contribution in [1.29, 1.82) is 0 Å². The third-order valence-electron chi connectivity index (χ3n) is 2.59. The lowest BCUT2D eigenvalue weighted by molar-refractivity contribution is -0.140. The lowest BCUT2D eigenvalue weighted by Crippen LogP contribution is -2.36. The van der Waals surface area contributed by atoms with Crippen LogP contribution in [0.1, 0.15) is 27.2 Å². The molecule has 2 atom stereocenters. The molecule has 0 spiro atoms. The van der Waals surface area contributed by atoms with Crippen LogP contribution in [0.4, 0.5) is 0 Å². The zero-order valence-electron chi connectivity index (χ0n) is 10.1. The smallest absolute Gasteiger partial charge is 0.320 e. The Bertz CT molecular complexity index is 187. The van der Waals surface area contributed by atoms with Gasteiger partial charge in [0.05, 0.1) is 7.11 Å². The van der Waals surface area contributed by atoms with Gasteiger partial charge in [-0.25, -0.2) is 0 Å². The van der Waals surface area contributed by atoms with Crippen molar-refractivity contribution in [2.45, 2.75) is 32.0 Å². The minimum absolute atomic E-state index is 0.197. The van der Waals surface area contributed by atoms with E-state index in [4.69, 9.17) is 0 Å². The number of esters is 1. The van der Waals surface area contributed by atoms with E-state index in [1.807, 2.05) is 0 Å². The molecule has 0 saturated heterocycles. The molecule has 2 unspecified atom stereocenters. The Kier molecular flexibility index (Phi) is 8.06. The molecule has 4 heteroatoms. The highest BCUT2D eigenvalue weighted by Crippen LogP contribution is 2.09. The van der Waals surface area contributed by atoms with Gasteiger partial charge in [0.15, 0.2) is 0 Å². The molecule has 0 amide bonds. The van der Waals surface area contributed by atoms with Crippen molar-refractivity contribution in [3.8, 4) is 0 Å². The van der Waals surface area contributed by atoms with E-state index in [1.165, 1.54) is 13.5 Å². The molecule has 0 aromatic heterocycles. The van der Waals surface area contributed by atoms with Crippen LogP contribution >= 0.6 is 15.9 Å². The molecule has 0 aliphatic rings. The zero-order chi connectivity index (χ0) is 11.8. The number of alkyl halides is 1. The second kappa shape index (κ2) is 8.11. The van der Waals surface area contributed by atoms with E-state index in [1.54, 1.807) is 0 Å². The van der Waals surface area contributed by atoms with Gasteiger partial charge in [-0.1, -0.05) is 43.1 Å². The first-order chi connectivity index (χ1) is 7.04. The lowest BCUT2D eigenvalue weighted by Gasteiger charge is -2.25. The summed E-state index contributed by atoms with van der Waals surface area (Å²) in [6, 6.07) is 0. The van der Waals surface area contributed by atoms with Crippen molar-refractivity contribution >= 4 is 21.9 Å². The Labute approximate surface area is 101 Å². The van der Waals surface area contributed by atoms with Gasteiger partial charge in [-0.3, -0.25) is 4.79 Å². The number of hydrogen-bond donors (Lipinski definition) is 0. The molecule has 0 radical (unpaired) electrons. The summed E-state index contributed by atoms with van der Waals surface area (Å²) in [5.41, 5.74) is 0. The molecule has 0 rings (SSSR count). The molecule has 3 nitrogen and oxygen atoms in total. The Morgan fingerprint density at radius 1 is 1.40 bits per heavy atom. The predicted molar refractivity (Wildman–Crippen MR) is 66.3 cm³/mol. The first-order valence-electron chi connectivity index (χ1n) is 5.49. The maximum atomic E-state index is 11.2. The standard InChI is InChI=1S/C11H22BrNO2/c1-5-9(3)7-13(6-2)8-10(12)11(14)15-4/h9-10H,5-8H2,1-4H3. The van der Waals surface area contributed by atoms with Crippen LogP contribution in [0.3, 0.4) is 0 Å². The summed E-state index contributed by atoms with van der Waals surface area (Å²) in [7, 11) is 1.42. The van der Waals surface area contributed by atoms with Crippen LogP contribution in [0.5, 0.6) is 0 Å². The summed E-state index contributed by atoms with van der Waals surface area (Å²) in [4.78, 5) is 13.3. The van der Waals surface area contributed by atoms with Crippen molar-refractivity contribution in [2.24, 2.45) is 5.92 Å². The molecular formula is C11H22BrNO2. The summed E-state index contributed by atoms with van der Waals surface area (Å²) in [6.07, 6.45) is 1.17. The number of ether oxygens (including phenoxy) is 1. The van der Waals surface area contributed by atoms with Crippen molar-refractivity contribution in [3.63, 3.8) is 0 Å². The van der Waals surface area contributed by atoms with E-state index in [9.17, 15) is 4.79 Å². The van der Waals surface area contributed by atoms with Crippen LogP contribution in [0, 0.1) is 5.92 Å². The second-order valence-corrected chi connectivity index (χ2v) is 4.96. The highest BCUT2D eigenvalue weighted by molar-refractivity contribution is 9.10. The van der Waals surface area contributed by atoms with Crippen molar-refractivity contribution in [2.75, 3.05) is 26.7 Å². The van der Waals surface area contributed by atoms with E-state index in [-0.39, 0.29) is 10.8 Å². The molecule has 0 bridgehead atoms. The molecule has 0 aliphatic heterocycles. The maximum absolute atomic E-state index is 11.2. The Balaban J connectivity index is 4.03. The van der Waals surface area contributed by atoms with Crippen LogP contribution in [0.25, 0.3) is 0 Å². The molecular weight excluding hydrogens is 258 g/mol. The highest BCUT2D eigenvalue weighted by Gasteiger charge is 2.19. The quantitative estimate of drug-likeness (QED) is 0.529. The van der Waals surface area contributed by atoms with Gasteiger partial charge in [0, 0.05) is 13.1 Å². The van der Waals surface area contributed by atoms with E-state index >= 15 is 0 Å². The molecule has 0 aromatic rings. The number of carbonyl (C=O) groups excluding carboxylic acids is 1. The fraction of sp³-hybridized carbons (Fsp3) is 0.909. The SMILES string of the molecule is CCC(C)CN(CC)CC(Br)C(=O)OC. The first kappa shape index (κ1) is 14.9. The first-order valence-corrected chi connectivity index (χ1v) is 6.40. The molecule has 0 heterocycles. The summed E-state index contributed by atoms with van der Waals surface area (Å²) >= 11 is 3.34. The van der Waals surface area contributed by atoms with Gasteiger partial charge in [-0.05, 0) is 12.5 Å². The number of halogens is 1. The van der Waals surface area contributed by atoms with Crippen LogP contribution in [0.15, 0.2) is 0 Å². The number of hydrogen-bond acceptors (Lipinski definition) is 3. The molecule has 90 valence electrons. The van der Waals surface area contributed by atoms with Crippen LogP contribution in [-0.2, 0) is 9.53 Å². The van der Waals surface area contributed by atoms with Gasteiger partial charge in [0.1, 0.15) is 4.83 Å². The molecule has 0 saturated carbocycles. The molecule has 15 heavy (non-hydrogen) atoms. The molecule has 0 aromatic carbocycles. The van der Waals surface area contributed by atoms with Crippen molar-refractivity contribution in [3.05, 3.63) is 0 Å². The number of rotatable bonds is 7. The van der Waals surface area contributed by atoms with E-state index in [0.717, 1.165) is 13.1 Å². The summed E-state index contributed by atoms with van der Waals surface area (Å²) in [5, 5.41) is 0. The van der Waals surface area contributed by atoms with E-state index < -0.39 is 0 Å². The molecule has 0 aliphatic carbocycles.